The second kappa shape index (κ2) is 7.16. The Balaban J connectivity index is 2.98. The smallest absolute Gasteiger partial charge is 0.101 e. The lowest BCUT2D eigenvalue weighted by atomic mass is 10.1. The molecule has 4 heteroatoms. The van der Waals surface area contributed by atoms with Gasteiger partial charge in [-0.2, -0.15) is 5.26 Å². The van der Waals surface area contributed by atoms with Gasteiger partial charge in [-0.25, -0.2) is 0 Å². The largest absolute Gasteiger partial charge is 0.383 e. The molecule has 0 saturated carbocycles. The van der Waals surface area contributed by atoms with Crippen LogP contribution in [0.4, 0.5) is 5.69 Å². The van der Waals surface area contributed by atoms with Gasteiger partial charge in [0.05, 0.1) is 17.9 Å². The van der Waals surface area contributed by atoms with Gasteiger partial charge in [0.15, 0.2) is 0 Å². The molecule has 0 fully saturated rings. The van der Waals surface area contributed by atoms with Gasteiger partial charge in [-0.15, -0.1) is 11.6 Å². The van der Waals surface area contributed by atoms with E-state index >= 15 is 0 Å². The van der Waals surface area contributed by atoms with E-state index in [0.717, 1.165) is 24.3 Å². The third kappa shape index (κ3) is 3.62. The maximum atomic E-state index is 9.16. The monoisotopic (exact) mass is 252 g/mol. The number of hydrogen-bond acceptors (Lipinski definition) is 3. The number of nitrogens with zero attached hydrogens (tertiary/aromatic N) is 2. The fourth-order valence-corrected chi connectivity index (χ4v) is 1.85. The van der Waals surface area contributed by atoms with E-state index in [0.29, 0.717) is 18.1 Å². The molecule has 0 heterocycles. The standard InChI is InChI=1S/C13H17ClN2O/c1-3-16(6-7-17-2)13-5-4-11(9-14)8-12(13)10-15/h4-5,8H,3,6-7,9H2,1-2H3. The molecule has 1 rings (SSSR count). The number of likely N-dealkylation sites (N-methyl/N-ethyl adjacent to an activating group) is 1. The van der Waals surface area contributed by atoms with Crippen molar-refractivity contribution < 1.29 is 4.74 Å². The highest BCUT2D eigenvalue weighted by Gasteiger charge is 2.10. The predicted octanol–water partition coefficient (Wildman–Crippen LogP) is 2.77. The molecule has 0 atom stereocenters. The van der Waals surface area contributed by atoms with E-state index in [-0.39, 0.29) is 0 Å². The van der Waals surface area contributed by atoms with Gasteiger partial charge in [-0.05, 0) is 24.6 Å². The molecule has 3 nitrogen and oxygen atoms in total. The fraction of sp³-hybridized carbons (Fsp3) is 0.462. The summed E-state index contributed by atoms with van der Waals surface area (Å²) in [5.41, 5.74) is 2.58. The topological polar surface area (TPSA) is 36.3 Å². The number of methoxy groups -OCH3 is 1. The number of hydrogen-bond donors (Lipinski definition) is 0. The molecule has 0 aliphatic heterocycles. The van der Waals surface area contributed by atoms with Crippen LogP contribution in [0, 0.1) is 11.3 Å². The highest BCUT2D eigenvalue weighted by atomic mass is 35.5. The van der Waals surface area contributed by atoms with Gasteiger partial charge in [0.1, 0.15) is 6.07 Å². The Hall–Kier alpha value is -1.24. The Morgan fingerprint density at radius 2 is 2.24 bits per heavy atom. The minimum atomic E-state index is 0.430. The Labute approximate surface area is 108 Å². The van der Waals surface area contributed by atoms with Crippen LogP contribution >= 0.6 is 11.6 Å². The van der Waals surface area contributed by atoms with Crippen molar-refractivity contribution in [3.63, 3.8) is 0 Å². The van der Waals surface area contributed by atoms with E-state index in [1.165, 1.54) is 0 Å². The quantitative estimate of drug-likeness (QED) is 0.731. The van der Waals surface area contributed by atoms with Crippen molar-refractivity contribution in [3.8, 4) is 6.07 Å². The lowest BCUT2D eigenvalue weighted by Crippen LogP contribution is -2.27. The average Bonchev–Trinajstić information content (AvgIpc) is 2.39. The van der Waals surface area contributed by atoms with Crippen molar-refractivity contribution >= 4 is 17.3 Å². The molecule has 0 N–H and O–H groups in total. The third-order valence-corrected chi connectivity index (χ3v) is 2.93. The van der Waals surface area contributed by atoms with E-state index in [9.17, 15) is 0 Å². The molecule has 0 saturated heterocycles. The van der Waals surface area contributed by atoms with E-state index in [4.69, 9.17) is 21.6 Å². The van der Waals surface area contributed by atoms with Crippen molar-refractivity contribution in [2.24, 2.45) is 0 Å². The summed E-state index contributed by atoms with van der Waals surface area (Å²) in [6.45, 7) is 4.34. The first kappa shape index (κ1) is 13.8. The first-order valence-corrected chi connectivity index (χ1v) is 6.13. The molecule has 1 aromatic carbocycles. The van der Waals surface area contributed by atoms with Crippen LogP contribution < -0.4 is 4.90 Å². The summed E-state index contributed by atoms with van der Waals surface area (Å²) >= 11 is 5.76. The molecule has 0 aliphatic rings. The summed E-state index contributed by atoms with van der Waals surface area (Å²) in [5.74, 6) is 0.430. The summed E-state index contributed by atoms with van der Waals surface area (Å²) in [7, 11) is 1.68. The molecule has 0 amide bonds. The number of halogens is 1. The summed E-state index contributed by atoms with van der Waals surface area (Å²) in [4.78, 5) is 2.13. The van der Waals surface area contributed by atoms with Crippen molar-refractivity contribution in [2.45, 2.75) is 12.8 Å². The lowest BCUT2D eigenvalue weighted by molar-refractivity contribution is 0.205. The van der Waals surface area contributed by atoms with Crippen LogP contribution in [0.15, 0.2) is 18.2 Å². The number of nitriles is 1. The number of alkyl halides is 1. The minimum Gasteiger partial charge on any atom is -0.383 e. The van der Waals surface area contributed by atoms with E-state index in [1.54, 1.807) is 7.11 Å². The zero-order valence-corrected chi connectivity index (χ0v) is 11.0. The van der Waals surface area contributed by atoms with Gasteiger partial charge >= 0.3 is 0 Å². The van der Waals surface area contributed by atoms with Crippen molar-refractivity contribution in [2.75, 3.05) is 31.7 Å². The molecular formula is C13H17ClN2O. The number of anilines is 1. The molecule has 0 radical (unpaired) electrons. The minimum absolute atomic E-state index is 0.430. The first-order valence-electron chi connectivity index (χ1n) is 5.59. The second-order valence-electron chi connectivity index (χ2n) is 3.67. The van der Waals surface area contributed by atoms with E-state index < -0.39 is 0 Å². The highest BCUT2D eigenvalue weighted by Crippen LogP contribution is 2.22. The van der Waals surface area contributed by atoms with Gasteiger partial charge < -0.3 is 9.64 Å². The van der Waals surface area contributed by atoms with Crippen LogP contribution in [-0.4, -0.2) is 26.8 Å². The fourth-order valence-electron chi connectivity index (χ4n) is 1.68. The molecule has 1 aromatic rings. The van der Waals surface area contributed by atoms with Crippen LogP contribution in [0.2, 0.25) is 0 Å². The zero-order valence-electron chi connectivity index (χ0n) is 10.2. The third-order valence-electron chi connectivity index (χ3n) is 2.62. The molecule has 17 heavy (non-hydrogen) atoms. The lowest BCUT2D eigenvalue weighted by Gasteiger charge is -2.24. The Bertz CT molecular complexity index is 401. The number of benzene rings is 1. The van der Waals surface area contributed by atoms with Crippen LogP contribution in [0.5, 0.6) is 0 Å². The maximum absolute atomic E-state index is 9.16. The van der Waals surface area contributed by atoms with E-state index in [2.05, 4.69) is 17.9 Å². The summed E-state index contributed by atoms with van der Waals surface area (Å²) in [6.07, 6.45) is 0. The summed E-state index contributed by atoms with van der Waals surface area (Å²) in [5, 5.41) is 9.16. The molecule has 0 unspecified atom stereocenters. The van der Waals surface area contributed by atoms with Gasteiger partial charge in [0, 0.05) is 26.1 Å². The second-order valence-corrected chi connectivity index (χ2v) is 3.94. The molecule has 0 bridgehead atoms. The SMILES string of the molecule is CCN(CCOC)c1ccc(CCl)cc1C#N. The predicted molar refractivity (Wildman–Crippen MR) is 70.5 cm³/mol. The van der Waals surface area contributed by atoms with Crippen LogP contribution in [0.25, 0.3) is 0 Å². The average molecular weight is 253 g/mol. The summed E-state index contributed by atoms with van der Waals surface area (Å²) in [6, 6.07) is 7.98. The Morgan fingerprint density at radius 3 is 2.76 bits per heavy atom. The van der Waals surface area contributed by atoms with Gasteiger partial charge in [-0.3, -0.25) is 0 Å². The summed E-state index contributed by atoms with van der Waals surface area (Å²) < 4.78 is 5.07. The Kier molecular flexibility index (Phi) is 5.82. The zero-order chi connectivity index (χ0) is 12.7. The van der Waals surface area contributed by atoms with E-state index in [1.807, 2.05) is 18.2 Å². The van der Waals surface area contributed by atoms with Gasteiger partial charge in [0.2, 0.25) is 0 Å². The Morgan fingerprint density at radius 1 is 1.47 bits per heavy atom. The molecule has 0 aromatic heterocycles. The highest BCUT2D eigenvalue weighted by molar-refractivity contribution is 6.17. The normalized spacial score (nSPS) is 10.0. The van der Waals surface area contributed by atoms with Crippen molar-refractivity contribution in [3.05, 3.63) is 29.3 Å². The molecule has 0 aliphatic carbocycles. The van der Waals surface area contributed by atoms with Gasteiger partial charge in [-0.1, -0.05) is 6.07 Å². The maximum Gasteiger partial charge on any atom is 0.101 e. The van der Waals surface area contributed by atoms with Crippen LogP contribution in [0.3, 0.4) is 0 Å². The number of ether oxygens (including phenoxy) is 1. The number of rotatable bonds is 6. The molecule has 92 valence electrons. The van der Waals surface area contributed by atoms with Crippen molar-refractivity contribution in [1.82, 2.24) is 0 Å². The first-order chi connectivity index (χ1) is 8.26. The van der Waals surface area contributed by atoms with Gasteiger partial charge in [0.25, 0.3) is 0 Å². The molecule has 0 spiro atoms. The molecular weight excluding hydrogens is 236 g/mol. The van der Waals surface area contributed by atoms with Crippen LogP contribution in [0.1, 0.15) is 18.1 Å². The van der Waals surface area contributed by atoms with Crippen LogP contribution in [-0.2, 0) is 10.6 Å². The van der Waals surface area contributed by atoms with Crippen molar-refractivity contribution in [1.29, 1.82) is 5.26 Å².